The van der Waals surface area contributed by atoms with Crippen molar-refractivity contribution in [1.29, 1.82) is 0 Å². The van der Waals surface area contributed by atoms with Gasteiger partial charge < -0.3 is 58.0 Å². The molecule has 1 aliphatic carbocycles. The van der Waals surface area contributed by atoms with E-state index < -0.39 is 66.8 Å². The molecule has 0 radical (unpaired) electrons. The third kappa shape index (κ3) is 4.26. The lowest BCUT2D eigenvalue weighted by Gasteiger charge is -2.47. The zero-order valence-corrected chi connectivity index (χ0v) is 23.1. The molecule has 0 saturated carbocycles. The Labute approximate surface area is 240 Å². The van der Waals surface area contributed by atoms with Gasteiger partial charge in [0.1, 0.15) is 24.4 Å². The molecule has 3 N–H and O–H groups in total. The van der Waals surface area contributed by atoms with E-state index in [1.165, 1.54) is 14.2 Å². The Balaban J connectivity index is 1.32. The van der Waals surface area contributed by atoms with E-state index >= 15 is 0 Å². The number of fused-ring (bicyclic) bond motifs is 4. The Morgan fingerprint density at radius 3 is 2.26 bits per heavy atom. The first-order valence-electron chi connectivity index (χ1n) is 13.8. The van der Waals surface area contributed by atoms with E-state index in [1.54, 1.807) is 31.2 Å². The minimum Gasteiger partial charge on any atom is -0.502 e. The normalized spacial score (nSPS) is 36.5. The average molecular weight is 589 g/mol. The van der Waals surface area contributed by atoms with Gasteiger partial charge in [-0.3, -0.25) is 4.79 Å². The Morgan fingerprint density at radius 2 is 1.57 bits per heavy atom. The van der Waals surface area contributed by atoms with Crippen molar-refractivity contribution in [3.63, 3.8) is 0 Å². The molecule has 13 heteroatoms. The molecule has 4 heterocycles. The minimum atomic E-state index is -1.44. The number of carbonyl (C=O) groups excluding carboxylic acids is 1. The van der Waals surface area contributed by atoms with E-state index in [0.717, 1.165) is 0 Å². The number of hydrogen-bond acceptors (Lipinski definition) is 13. The van der Waals surface area contributed by atoms with Crippen LogP contribution in [0.2, 0.25) is 0 Å². The molecule has 0 spiro atoms. The molecule has 5 aliphatic rings. The first-order chi connectivity index (χ1) is 20.3. The van der Waals surface area contributed by atoms with Crippen LogP contribution in [0, 0.1) is 11.8 Å². The summed E-state index contributed by atoms with van der Waals surface area (Å²) >= 11 is 0. The lowest BCUT2D eigenvalue weighted by atomic mass is 9.66. The van der Waals surface area contributed by atoms with Crippen LogP contribution in [0.1, 0.15) is 35.6 Å². The van der Waals surface area contributed by atoms with Gasteiger partial charge in [-0.2, -0.15) is 0 Å². The number of hydrogen-bond donors (Lipinski definition) is 3. The van der Waals surface area contributed by atoms with Gasteiger partial charge in [-0.25, -0.2) is 0 Å². The van der Waals surface area contributed by atoms with Gasteiger partial charge in [-0.1, -0.05) is 0 Å². The monoisotopic (exact) mass is 588 g/mol. The molecular weight excluding hydrogens is 556 g/mol. The lowest BCUT2D eigenvalue weighted by Crippen LogP contribution is -2.63. The van der Waals surface area contributed by atoms with Gasteiger partial charge in [-0.15, -0.1) is 0 Å². The number of esters is 1. The Kier molecular flexibility index (Phi) is 6.83. The number of phenolic OH excluding ortho intramolecular Hbond substituents is 1. The predicted octanol–water partition coefficient (Wildman–Crippen LogP) is 1.34. The summed E-state index contributed by atoms with van der Waals surface area (Å²) in [5, 5.41) is 32.5. The van der Waals surface area contributed by atoms with Crippen molar-refractivity contribution in [2.24, 2.45) is 11.8 Å². The van der Waals surface area contributed by atoms with Crippen LogP contribution in [0.5, 0.6) is 28.7 Å². The molecule has 10 atom stereocenters. The summed E-state index contributed by atoms with van der Waals surface area (Å²) < 4.78 is 51.5. The molecule has 2 aromatic carbocycles. The summed E-state index contributed by atoms with van der Waals surface area (Å²) in [5.41, 5.74) is 2.01. The zero-order chi connectivity index (χ0) is 29.3. The highest BCUT2D eigenvalue weighted by Crippen LogP contribution is 2.57. The molecule has 0 bridgehead atoms. The zero-order valence-electron chi connectivity index (χ0n) is 23.1. The van der Waals surface area contributed by atoms with Crippen LogP contribution in [0.25, 0.3) is 0 Å². The van der Waals surface area contributed by atoms with Crippen LogP contribution in [0.4, 0.5) is 0 Å². The van der Waals surface area contributed by atoms with Gasteiger partial charge in [0.25, 0.3) is 0 Å². The fourth-order valence-electron chi connectivity index (χ4n) is 6.74. The van der Waals surface area contributed by atoms with Crippen LogP contribution in [0.15, 0.2) is 24.3 Å². The SMILES string of the molecule is COc1cc([C@@H]2c3cc4c(cc3[C@H](O[C@H]3O[C@H]5CO[C@@H](C)O[C@@H]5[C@@H](O)[C@H]3O)[C@H]3COC(=O)[C@H]23)OCO4)cc(OC)c1O. The lowest BCUT2D eigenvalue weighted by molar-refractivity contribution is -0.364. The number of aliphatic hydroxyl groups excluding tert-OH is 2. The van der Waals surface area contributed by atoms with Crippen molar-refractivity contribution in [1.82, 2.24) is 0 Å². The van der Waals surface area contributed by atoms with E-state index in [0.29, 0.717) is 28.2 Å². The second-order valence-electron chi connectivity index (χ2n) is 11.0. The maximum Gasteiger partial charge on any atom is 0.310 e. The third-order valence-corrected chi connectivity index (χ3v) is 8.75. The van der Waals surface area contributed by atoms with E-state index in [9.17, 15) is 20.1 Å². The molecular formula is C29H32O13. The fourth-order valence-corrected chi connectivity index (χ4v) is 6.74. The second kappa shape index (κ2) is 10.4. The van der Waals surface area contributed by atoms with Gasteiger partial charge in [0, 0.05) is 11.8 Å². The number of phenols is 1. The van der Waals surface area contributed by atoms with Crippen LogP contribution >= 0.6 is 0 Å². The Hall–Kier alpha value is -3.33. The maximum atomic E-state index is 13.4. The van der Waals surface area contributed by atoms with Crippen molar-refractivity contribution >= 4 is 5.97 Å². The molecule has 0 unspecified atom stereocenters. The molecule has 13 nitrogen and oxygen atoms in total. The van der Waals surface area contributed by atoms with E-state index in [2.05, 4.69) is 0 Å². The van der Waals surface area contributed by atoms with Crippen molar-refractivity contribution in [3.05, 3.63) is 41.0 Å². The standard InChI is InChI=1S/C29H32O13/c1-11-36-9-20-27(40-11)24(31)25(32)29(41-20)42-26-14-7-17-16(38-10-39-17)6-13(14)21(22-15(26)8-37-28(22)33)12-4-18(34-2)23(30)19(5-12)35-3/h4-7,11,15,20-22,24-27,29-32H,8-10H2,1-3H3/t11-,15+,20+,21-,22+,24+,25-,26+,27+,29-/m1/s1. The van der Waals surface area contributed by atoms with Crippen LogP contribution < -0.4 is 18.9 Å². The largest absolute Gasteiger partial charge is 0.502 e. The maximum absolute atomic E-state index is 13.4. The van der Waals surface area contributed by atoms with Crippen LogP contribution in [-0.4, -0.2) is 92.5 Å². The summed E-state index contributed by atoms with van der Waals surface area (Å²) in [6.45, 7) is 1.93. The number of benzene rings is 2. The van der Waals surface area contributed by atoms with E-state index in [-0.39, 0.29) is 37.3 Å². The van der Waals surface area contributed by atoms with E-state index in [1.807, 2.05) is 0 Å². The molecule has 226 valence electrons. The third-order valence-electron chi connectivity index (χ3n) is 8.75. The molecule has 42 heavy (non-hydrogen) atoms. The number of aliphatic hydroxyl groups is 2. The fraction of sp³-hybridized carbons (Fsp3) is 0.552. The van der Waals surface area contributed by atoms with Crippen LogP contribution in [-0.2, 0) is 28.5 Å². The van der Waals surface area contributed by atoms with Gasteiger partial charge >= 0.3 is 5.97 Å². The molecule has 7 rings (SSSR count). The molecule has 2 aromatic rings. The molecule has 3 saturated heterocycles. The summed E-state index contributed by atoms with van der Waals surface area (Å²) in [7, 11) is 2.86. The van der Waals surface area contributed by atoms with Crippen molar-refractivity contribution < 1.29 is 62.7 Å². The number of aromatic hydroxyl groups is 1. The van der Waals surface area contributed by atoms with Gasteiger partial charge in [0.15, 0.2) is 35.6 Å². The second-order valence-corrected chi connectivity index (χ2v) is 11.0. The summed E-state index contributed by atoms with van der Waals surface area (Å²) in [4.78, 5) is 13.4. The van der Waals surface area contributed by atoms with Crippen molar-refractivity contribution in [2.75, 3.05) is 34.2 Å². The molecule has 0 aromatic heterocycles. The molecule has 0 amide bonds. The minimum absolute atomic E-state index is 0.0301. The topological polar surface area (TPSA) is 161 Å². The summed E-state index contributed by atoms with van der Waals surface area (Å²) in [6.07, 6.45) is -6.80. The summed E-state index contributed by atoms with van der Waals surface area (Å²) in [5.74, 6) is -1.02. The Morgan fingerprint density at radius 1 is 0.881 bits per heavy atom. The quantitative estimate of drug-likeness (QED) is 0.430. The number of rotatable bonds is 5. The number of carbonyl (C=O) groups is 1. The average Bonchev–Trinajstić information content (AvgIpc) is 3.61. The molecule has 4 aliphatic heterocycles. The predicted molar refractivity (Wildman–Crippen MR) is 138 cm³/mol. The first kappa shape index (κ1) is 27.5. The number of cyclic esters (lactones) is 1. The van der Waals surface area contributed by atoms with Crippen LogP contribution in [0.3, 0.4) is 0 Å². The van der Waals surface area contributed by atoms with Gasteiger partial charge in [0.05, 0.1) is 39.5 Å². The molecule has 3 fully saturated rings. The highest BCUT2D eigenvalue weighted by Gasteiger charge is 2.56. The van der Waals surface area contributed by atoms with Crippen molar-refractivity contribution in [2.45, 2.75) is 55.9 Å². The van der Waals surface area contributed by atoms with E-state index in [4.69, 9.17) is 42.6 Å². The first-order valence-corrected chi connectivity index (χ1v) is 13.8. The Bertz CT molecular complexity index is 1350. The highest BCUT2D eigenvalue weighted by molar-refractivity contribution is 5.79. The van der Waals surface area contributed by atoms with Gasteiger partial charge in [0.2, 0.25) is 12.5 Å². The summed E-state index contributed by atoms with van der Waals surface area (Å²) in [6, 6.07) is 6.93. The highest BCUT2D eigenvalue weighted by atomic mass is 16.8. The number of methoxy groups -OCH3 is 2. The van der Waals surface area contributed by atoms with Gasteiger partial charge in [-0.05, 0) is 47.9 Å². The smallest absolute Gasteiger partial charge is 0.310 e. The number of ether oxygens (including phenoxy) is 9. The van der Waals surface area contributed by atoms with Crippen molar-refractivity contribution in [3.8, 4) is 28.7 Å².